The fraction of sp³-hybridized carbons (Fsp3) is 0.875. The number of rotatable bonds is 3. The summed E-state index contributed by atoms with van der Waals surface area (Å²) in [7, 11) is 0. The maximum absolute atomic E-state index is 11.4. The first-order chi connectivity index (χ1) is 5.84. The summed E-state index contributed by atoms with van der Waals surface area (Å²) in [5.41, 5.74) is 0. The molecule has 1 heterocycles. The molecule has 1 atom stereocenters. The van der Waals surface area contributed by atoms with Crippen LogP contribution in [0.5, 0.6) is 0 Å². The lowest BCUT2D eigenvalue weighted by atomic mass is 10.2. The molecule has 1 aliphatic rings. The summed E-state index contributed by atoms with van der Waals surface area (Å²) in [5, 5.41) is 3.17. The van der Waals surface area contributed by atoms with Crippen molar-refractivity contribution in [3.05, 3.63) is 0 Å². The van der Waals surface area contributed by atoms with Crippen molar-refractivity contribution in [1.29, 1.82) is 0 Å². The minimum atomic E-state index is 0.238. The van der Waals surface area contributed by atoms with E-state index < -0.39 is 0 Å². The van der Waals surface area contributed by atoms with Gasteiger partial charge >= 0.3 is 0 Å². The van der Waals surface area contributed by atoms with Gasteiger partial charge in [0.05, 0.1) is 5.25 Å². The maximum Gasteiger partial charge on any atom is 0.233 e. The van der Waals surface area contributed by atoms with Crippen LogP contribution in [0.3, 0.4) is 0 Å². The Labute approximate surface area is 91.4 Å². The smallest absolute Gasteiger partial charge is 0.233 e. The molecule has 0 bridgehead atoms. The minimum Gasteiger partial charge on any atom is -0.354 e. The first-order valence-corrected chi connectivity index (χ1v) is 6.87. The maximum atomic E-state index is 11.4. The van der Waals surface area contributed by atoms with Crippen LogP contribution >= 0.6 is 34.4 Å². The number of carbonyl (C=O) groups excluding carboxylic acids is 1. The second kappa shape index (κ2) is 6.07. The molecular weight excluding hydrogens is 285 g/mol. The molecule has 4 heteroatoms. The monoisotopic (exact) mass is 299 g/mol. The van der Waals surface area contributed by atoms with Crippen molar-refractivity contribution in [2.75, 3.05) is 16.7 Å². The van der Waals surface area contributed by atoms with Crippen LogP contribution in [-0.4, -0.2) is 27.9 Å². The van der Waals surface area contributed by atoms with E-state index in [1.165, 1.54) is 12.8 Å². The number of amides is 1. The van der Waals surface area contributed by atoms with Crippen LogP contribution in [0, 0.1) is 0 Å². The summed E-state index contributed by atoms with van der Waals surface area (Å²) in [6.07, 6.45) is 3.56. The highest BCUT2D eigenvalue weighted by atomic mass is 127. The van der Waals surface area contributed by atoms with Crippen molar-refractivity contribution in [1.82, 2.24) is 5.32 Å². The summed E-state index contributed by atoms with van der Waals surface area (Å²) < 4.78 is 1.00. The Balaban J connectivity index is 2.20. The van der Waals surface area contributed by atoms with E-state index in [0.29, 0.717) is 0 Å². The van der Waals surface area contributed by atoms with Crippen molar-refractivity contribution in [3.8, 4) is 0 Å². The summed E-state index contributed by atoms with van der Waals surface area (Å²) in [4.78, 5) is 11.4. The fourth-order valence-corrected chi connectivity index (χ4v) is 2.72. The average Bonchev–Trinajstić information content (AvgIpc) is 2.15. The van der Waals surface area contributed by atoms with Gasteiger partial charge in [0, 0.05) is 11.0 Å². The molecule has 0 aromatic rings. The molecule has 1 fully saturated rings. The van der Waals surface area contributed by atoms with Gasteiger partial charge in [-0.05, 0) is 18.6 Å². The lowest BCUT2D eigenvalue weighted by molar-refractivity contribution is -0.120. The van der Waals surface area contributed by atoms with Gasteiger partial charge in [0.25, 0.3) is 0 Å². The van der Waals surface area contributed by atoms with Gasteiger partial charge in [0.15, 0.2) is 0 Å². The average molecular weight is 299 g/mol. The van der Waals surface area contributed by atoms with Gasteiger partial charge in [-0.1, -0.05) is 29.0 Å². The molecule has 0 aromatic heterocycles. The highest BCUT2D eigenvalue weighted by Crippen LogP contribution is 2.24. The van der Waals surface area contributed by atoms with Crippen molar-refractivity contribution in [2.24, 2.45) is 0 Å². The van der Waals surface area contributed by atoms with Gasteiger partial charge in [-0.2, -0.15) is 0 Å². The Bertz CT molecular complexity index is 148. The molecule has 0 radical (unpaired) electrons. The van der Waals surface area contributed by atoms with Gasteiger partial charge < -0.3 is 5.32 Å². The molecule has 1 saturated heterocycles. The predicted octanol–water partition coefficient (Wildman–Crippen LogP) is 1.82. The van der Waals surface area contributed by atoms with E-state index in [-0.39, 0.29) is 11.2 Å². The van der Waals surface area contributed by atoms with E-state index in [1.54, 1.807) is 0 Å². The van der Waals surface area contributed by atoms with Crippen LogP contribution in [0.1, 0.15) is 19.3 Å². The van der Waals surface area contributed by atoms with Gasteiger partial charge in [-0.25, -0.2) is 0 Å². The highest BCUT2D eigenvalue weighted by molar-refractivity contribution is 14.1. The third-order valence-electron chi connectivity index (χ3n) is 1.87. The molecular formula is C8H14INOS. The van der Waals surface area contributed by atoms with E-state index >= 15 is 0 Å². The number of hydrogen-bond acceptors (Lipinski definition) is 2. The summed E-state index contributed by atoms with van der Waals surface area (Å²) in [6.45, 7) is 0.816. The molecule has 0 aromatic carbocycles. The number of alkyl halides is 1. The third-order valence-corrected chi connectivity index (χ3v) is 3.78. The van der Waals surface area contributed by atoms with Gasteiger partial charge in [0.2, 0.25) is 5.91 Å². The lowest BCUT2D eigenvalue weighted by Gasteiger charge is -2.19. The number of hydrogen-bond donors (Lipinski definition) is 1. The molecule has 0 spiro atoms. The normalized spacial score (nSPS) is 23.6. The highest BCUT2D eigenvalue weighted by Gasteiger charge is 2.20. The number of halogens is 1. The second-order valence-corrected chi connectivity index (χ2v) is 5.22. The molecule has 2 nitrogen and oxygen atoms in total. The van der Waals surface area contributed by atoms with Crippen molar-refractivity contribution in [3.63, 3.8) is 0 Å². The van der Waals surface area contributed by atoms with Crippen LogP contribution < -0.4 is 5.32 Å². The standard InChI is InChI=1S/C8H14INOS/c9-4-5-10-8(11)7-3-1-2-6-12-7/h7H,1-6H2,(H,10,11). The van der Waals surface area contributed by atoms with Crippen molar-refractivity contribution in [2.45, 2.75) is 24.5 Å². The Kier molecular flexibility index (Phi) is 5.38. The molecule has 1 unspecified atom stereocenters. The number of carbonyl (C=O) groups is 1. The van der Waals surface area contributed by atoms with Gasteiger partial charge in [-0.3, -0.25) is 4.79 Å². The molecule has 0 aliphatic carbocycles. The van der Waals surface area contributed by atoms with Crippen molar-refractivity contribution < 1.29 is 4.79 Å². The van der Waals surface area contributed by atoms with E-state index in [1.807, 2.05) is 11.8 Å². The Morgan fingerprint density at radius 1 is 1.58 bits per heavy atom. The van der Waals surface area contributed by atoms with Crippen LogP contribution in [0.15, 0.2) is 0 Å². The van der Waals surface area contributed by atoms with Crippen LogP contribution in [0.4, 0.5) is 0 Å². The van der Waals surface area contributed by atoms with Crippen LogP contribution in [-0.2, 0) is 4.79 Å². The van der Waals surface area contributed by atoms with E-state index in [4.69, 9.17) is 0 Å². The lowest BCUT2D eigenvalue weighted by Crippen LogP contribution is -2.35. The number of nitrogens with one attached hydrogen (secondary N) is 1. The summed E-state index contributed by atoms with van der Waals surface area (Å²) in [5.74, 6) is 1.40. The zero-order chi connectivity index (χ0) is 8.81. The Hall–Kier alpha value is 0.550. The summed E-state index contributed by atoms with van der Waals surface area (Å²) >= 11 is 4.08. The third kappa shape index (κ3) is 3.51. The largest absolute Gasteiger partial charge is 0.354 e. The zero-order valence-electron chi connectivity index (χ0n) is 7.01. The molecule has 70 valence electrons. The quantitative estimate of drug-likeness (QED) is 0.636. The van der Waals surface area contributed by atoms with Crippen LogP contribution in [0.2, 0.25) is 0 Å². The van der Waals surface area contributed by atoms with E-state index in [2.05, 4.69) is 27.9 Å². The van der Waals surface area contributed by atoms with Crippen molar-refractivity contribution >= 4 is 40.3 Å². The van der Waals surface area contributed by atoms with Gasteiger partial charge in [-0.15, -0.1) is 11.8 Å². The van der Waals surface area contributed by atoms with Gasteiger partial charge in [0.1, 0.15) is 0 Å². The summed E-state index contributed by atoms with van der Waals surface area (Å²) in [6, 6.07) is 0. The Morgan fingerprint density at radius 2 is 2.42 bits per heavy atom. The predicted molar refractivity (Wildman–Crippen MR) is 62.0 cm³/mol. The second-order valence-electron chi connectivity index (χ2n) is 2.84. The molecule has 12 heavy (non-hydrogen) atoms. The number of thioether (sulfide) groups is 1. The van der Waals surface area contributed by atoms with E-state index in [9.17, 15) is 4.79 Å². The first kappa shape index (κ1) is 10.6. The minimum absolute atomic E-state index is 0.238. The molecule has 1 aliphatic heterocycles. The fourth-order valence-electron chi connectivity index (χ4n) is 1.23. The molecule has 1 N–H and O–H groups in total. The SMILES string of the molecule is O=C(NCCI)C1CCCCS1. The molecule has 1 rings (SSSR count). The first-order valence-electron chi connectivity index (χ1n) is 4.30. The van der Waals surface area contributed by atoms with Crippen LogP contribution in [0.25, 0.3) is 0 Å². The topological polar surface area (TPSA) is 29.1 Å². The molecule has 0 saturated carbocycles. The Morgan fingerprint density at radius 3 is 3.00 bits per heavy atom. The zero-order valence-corrected chi connectivity index (χ0v) is 9.99. The molecule has 1 amide bonds. The van der Waals surface area contributed by atoms with E-state index in [0.717, 1.165) is 23.1 Å².